The van der Waals surface area contributed by atoms with Crippen molar-refractivity contribution < 1.29 is 8.83 Å². The summed E-state index contributed by atoms with van der Waals surface area (Å²) in [7, 11) is 0. The first kappa shape index (κ1) is 15.6. The number of nitrogens with zero attached hydrogens (tertiary/aromatic N) is 4. The lowest BCUT2D eigenvalue weighted by molar-refractivity contribution is 0.510. The zero-order valence-electron chi connectivity index (χ0n) is 14.4. The third kappa shape index (κ3) is 2.91. The van der Waals surface area contributed by atoms with E-state index in [1.165, 1.54) is 5.56 Å². The summed E-state index contributed by atoms with van der Waals surface area (Å²) in [5, 5.41) is 15.1. The highest BCUT2D eigenvalue weighted by atomic mass is 16.4. The van der Waals surface area contributed by atoms with Crippen LogP contribution < -0.4 is 5.01 Å². The van der Waals surface area contributed by atoms with Gasteiger partial charge >= 0.3 is 0 Å². The van der Waals surface area contributed by atoms with Crippen molar-refractivity contribution in [2.45, 2.75) is 12.5 Å². The van der Waals surface area contributed by atoms with Crippen molar-refractivity contribution in [3.63, 3.8) is 0 Å². The molecule has 0 amide bonds. The Bertz CT molecular complexity index is 1060. The minimum atomic E-state index is 0.0718. The average Bonchev–Trinajstić information content (AvgIpc) is 3.49. The van der Waals surface area contributed by atoms with Gasteiger partial charge in [-0.3, -0.25) is 5.01 Å². The van der Waals surface area contributed by atoms with Gasteiger partial charge in [0.25, 0.3) is 11.8 Å². The Hall–Kier alpha value is -3.67. The molecule has 0 saturated carbocycles. The quantitative estimate of drug-likeness (QED) is 0.531. The van der Waals surface area contributed by atoms with Crippen molar-refractivity contribution in [1.29, 1.82) is 0 Å². The van der Waals surface area contributed by atoms with Gasteiger partial charge < -0.3 is 8.83 Å². The van der Waals surface area contributed by atoms with Gasteiger partial charge in [-0.15, -0.1) is 10.2 Å². The maximum Gasteiger partial charge on any atom is 0.283 e. The van der Waals surface area contributed by atoms with Gasteiger partial charge in [-0.25, -0.2) is 0 Å². The number of hydrogen-bond donors (Lipinski definition) is 0. The third-order valence-electron chi connectivity index (χ3n) is 4.52. The third-order valence-corrected chi connectivity index (χ3v) is 4.52. The number of rotatable bonds is 4. The maximum atomic E-state index is 5.81. The van der Waals surface area contributed by atoms with Crippen molar-refractivity contribution in [2.24, 2.45) is 5.10 Å². The Morgan fingerprint density at radius 3 is 2.30 bits per heavy atom. The zero-order chi connectivity index (χ0) is 18.1. The van der Waals surface area contributed by atoms with Crippen LogP contribution in [0.3, 0.4) is 0 Å². The minimum absolute atomic E-state index is 0.0718. The second-order valence-corrected chi connectivity index (χ2v) is 6.25. The number of hydrogen-bond acceptors (Lipinski definition) is 6. The molecule has 2 aromatic heterocycles. The highest BCUT2D eigenvalue weighted by molar-refractivity contribution is 5.99. The van der Waals surface area contributed by atoms with Crippen LogP contribution >= 0.6 is 0 Å². The molecule has 0 fully saturated rings. The largest absolute Gasteiger partial charge is 0.459 e. The summed E-state index contributed by atoms with van der Waals surface area (Å²) < 4.78 is 11.1. The smallest absolute Gasteiger partial charge is 0.283 e. The van der Waals surface area contributed by atoms with E-state index in [4.69, 9.17) is 13.9 Å². The number of hydrazone groups is 1. The van der Waals surface area contributed by atoms with Crippen molar-refractivity contribution in [1.82, 2.24) is 10.2 Å². The van der Waals surface area contributed by atoms with E-state index >= 15 is 0 Å². The molecule has 0 N–H and O–H groups in total. The first-order valence-corrected chi connectivity index (χ1v) is 8.73. The highest BCUT2D eigenvalue weighted by Crippen LogP contribution is 2.36. The Balaban J connectivity index is 1.52. The molecule has 27 heavy (non-hydrogen) atoms. The lowest BCUT2D eigenvalue weighted by atomic mass is 10.0. The van der Waals surface area contributed by atoms with Crippen LogP contribution in [0.2, 0.25) is 0 Å². The van der Waals surface area contributed by atoms with Crippen LogP contribution in [0.4, 0.5) is 5.69 Å². The van der Waals surface area contributed by atoms with E-state index in [0.717, 1.165) is 11.4 Å². The predicted octanol–water partition coefficient (Wildman–Crippen LogP) is 4.69. The number of benzene rings is 2. The molecule has 0 bridgehead atoms. The average molecular weight is 356 g/mol. The summed E-state index contributed by atoms with van der Waals surface area (Å²) in [6.45, 7) is 0. The highest BCUT2D eigenvalue weighted by Gasteiger charge is 2.32. The second-order valence-electron chi connectivity index (χ2n) is 6.25. The molecule has 6 heteroatoms. The molecule has 1 aliphatic heterocycles. The topological polar surface area (TPSA) is 67.7 Å². The number of anilines is 1. The van der Waals surface area contributed by atoms with E-state index < -0.39 is 0 Å². The van der Waals surface area contributed by atoms with Gasteiger partial charge in [0, 0.05) is 6.42 Å². The summed E-state index contributed by atoms with van der Waals surface area (Å²) in [5.74, 6) is 1.32. The molecule has 6 nitrogen and oxygen atoms in total. The molecule has 1 aliphatic rings. The fourth-order valence-electron chi connectivity index (χ4n) is 3.23. The van der Waals surface area contributed by atoms with Gasteiger partial charge in [-0.2, -0.15) is 5.10 Å². The molecule has 1 unspecified atom stereocenters. The van der Waals surface area contributed by atoms with Crippen molar-refractivity contribution in [2.75, 3.05) is 5.01 Å². The summed E-state index contributed by atoms with van der Waals surface area (Å²) in [5.41, 5.74) is 2.97. The van der Waals surface area contributed by atoms with Gasteiger partial charge in [0.15, 0.2) is 5.76 Å². The van der Waals surface area contributed by atoms with Crippen LogP contribution in [0.25, 0.3) is 11.7 Å². The fourth-order valence-corrected chi connectivity index (χ4v) is 3.23. The number of para-hydroxylation sites is 1. The van der Waals surface area contributed by atoms with Crippen molar-refractivity contribution in [3.05, 3.63) is 90.5 Å². The van der Waals surface area contributed by atoms with E-state index in [1.54, 1.807) is 18.4 Å². The van der Waals surface area contributed by atoms with E-state index in [9.17, 15) is 0 Å². The molecule has 5 rings (SSSR count). The summed E-state index contributed by atoms with van der Waals surface area (Å²) in [6, 6.07) is 24.1. The Labute approximate surface area is 155 Å². The van der Waals surface area contributed by atoms with E-state index in [2.05, 4.69) is 22.3 Å². The van der Waals surface area contributed by atoms with Gasteiger partial charge in [-0.1, -0.05) is 48.5 Å². The molecule has 0 spiro atoms. The van der Waals surface area contributed by atoms with E-state index in [1.807, 2.05) is 53.5 Å². The summed E-state index contributed by atoms with van der Waals surface area (Å²) in [6.07, 6.45) is 2.26. The zero-order valence-corrected chi connectivity index (χ0v) is 14.4. The molecule has 3 heterocycles. The molecule has 132 valence electrons. The maximum absolute atomic E-state index is 5.81. The molecule has 1 atom stereocenters. The Morgan fingerprint density at radius 2 is 1.56 bits per heavy atom. The van der Waals surface area contributed by atoms with Crippen LogP contribution in [0.15, 0.2) is 93.0 Å². The van der Waals surface area contributed by atoms with Crippen LogP contribution in [0.5, 0.6) is 0 Å². The monoisotopic (exact) mass is 356 g/mol. The summed E-state index contributed by atoms with van der Waals surface area (Å²) >= 11 is 0. The Morgan fingerprint density at radius 1 is 0.815 bits per heavy atom. The van der Waals surface area contributed by atoms with Crippen molar-refractivity contribution in [3.8, 4) is 11.7 Å². The molecule has 2 aromatic carbocycles. The Kier molecular flexibility index (Phi) is 3.79. The van der Waals surface area contributed by atoms with Gasteiger partial charge in [0.2, 0.25) is 0 Å². The lowest BCUT2D eigenvalue weighted by Gasteiger charge is -2.23. The number of furan rings is 1. The van der Waals surface area contributed by atoms with Crippen molar-refractivity contribution >= 4 is 11.4 Å². The molecular weight excluding hydrogens is 340 g/mol. The standard InChI is InChI=1S/C21H16N4O2/c1-3-8-15(9-4-1)18-14-17(24-25(18)16-10-5-2-6-11-16)20-22-23-21(27-20)19-12-7-13-26-19/h1-13,18H,14H2. The SMILES string of the molecule is c1ccc(C2CC(c3nnc(-c4ccco4)o3)=NN2c2ccccc2)cc1. The normalized spacial score (nSPS) is 16.5. The molecular formula is C21H16N4O2. The van der Waals surface area contributed by atoms with Crippen LogP contribution in [0.1, 0.15) is 23.9 Å². The molecule has 0 saturated heterocycles. The van der Waals surface area contributed by atoms with Gasteiger partial charge in [0.1, 0.15) is 5.71 Å². The first-order valence-electron chi connectivity index (χ1n) is 8.73. The second kappa shape index (κ2) is 6.57. The fraction of sp³-hybridized carbons (Fsp3) is 0.0952. The lowest BCUT2D eigenvalue weighted by Crippen LogP contribution is -2.18. The van der Waals surface area contributed by atoms with Crippen LogP contribution in [0, 0.1) is 0 Å². The van der Waals surface area contributed by atoms with Gasteiger partial charge in [0.05, 0.1) is 18.0 Å². The molecule has 0 radical (unpaired) electrons. The number of aromatic nitrogens is 2. The predicted molar refractivity (Wildman–Crippen MR) is 101 cm³/mol. The van der Waals surface area contributed by atoms with Crippen LogP contribution in [-0.4, -0.2) is 15.9 Å². The van der Waals surface area contributed by atoms with E-state index in [0.29, 0.717) is 24.0 Å². The minimum Gasteiger partial charge on any atom is -0.459 e. The molecule has 0 aliphatic carbocycles. The molecule has 4 aromatic rings. The van der Waals surface area contributed by atoms with E-state index in [-0.39, 0.29) is 6.04 Å². The van der Waals surface area contributed by atoms with Crippen LogP contribution in [-0.2, 0) is 0 Å². The summed E-state index contributed by atoms with van der Waals surface area (Å²) in [4.78, 5) is 0. The first-order chi connectivity index (χ1) is 13.4. The van der Waals surface area contributed by atoms with Gasteiger partial charge in [-0.05, 0) is 29.8 Å².